The van der Waals surface area contributed by atoms with Crippen LogP contribution in [0.3, 0.4) is 0 Å². The number of anilines is 1. The second-order valence-electron chi connectivity index (χ2n) is 9.94. The SMILES string of the molecule is CCOC(=O)C1=C(C)N=c2s/c(=C\c3ccc(OCC(=O)Nc4ccc(C)cc4)c(OC)c3)c(=O)n2[C@@H]1c1ccccc1Cl. The molecule has 4 aromatic rings. The molecule has 0 aliphatic carbocycles. The highest BCUT2D eigenvalue weighted by molar-refractivity contribution is 7.07. The van der Waals surface area contributed by atoms with E-state index in [9.17, 15) is 14.4 Å². The first-order valence-electron chi connectivity index (χ1n) is 13.8. The number of amides is 1. The van der Waals surface area contributed by atoms with Crippen molar-refractivity contribution in [1.29, 1.82) is 0 Å². The molecule has 0 spiro atoms. The summed E-state index contributed by atoms with van der Waals surface area (Å²) in [5.74, 6) is -0.102. The van der Waals surface area contributed by atoms with Crippen LogP contribution in [0.15, 0.2) is 87.8 Å². The quantitative estimate of drug-likeness (QED) is 0.266. The zero-order valence-electron chi connectivity index (χ0n) is 24.5. The van der Waals surface area contributed by atoms with Gasteiger partial charge in [0.1, 0.15) is 6.04 Å². The van der Waals surface area contributed by atoms with Crippen molar-refractivity contribution >= 4 is 46.6 Å². The van der Waals surface area contributed by atoms with Crippen molar-refractivity contribution in [3.05, 3.63) is 119 Å². The maximum Gasteiger partial charge on any atom is 0.338 e. The van der Waals surface area contributed by atoms with Crippen molar-refractivity contribution in [3.63, 3.8) is 0 Å². The molecule has 1 aromatic heterocycles. The fourth-order valence-electron chi connectivity index (χ4n) is 4.80. The first kappa shape index (κ1) is 30.8. The summed E-state index contributed by atoms with van der Waals surface area (Å²) in [6.45, 7) is 5.37. The largest absolute Gasteiger partial charge is 0.493 e. The number of esters is 1. The number of ether oxygens (including phenoxy) is 3. The topological polar surface area (TPSA) is 108 Å². The lowest BCUT2D eigenvalue weighted by Crippen LogP contribution is -2.40. The Labute approximate surface area is 262 Å². The minimum absolute atomic E-state index is 0.175. The van der Waals surface area contributed by atoms with Crippen molar-refractivity contribution in [2.45, 2.75) is 26.8 Å². The molecule has 0 radical (unpaired) electrons. The normalized spacial score (nSPS) is 14.5. The van der Waals surface area contributed by atoms with Gasteiger partial charge in [0.25, 0.3) is 11.5 Å². The Morgan fingerprint density at radius 3 is 2.52 bits per heavy atom. The molecule has 226 valence electrons. The van der Waals surface area contributed by atoms with Crippen LogP contribution < -0.4 is 29.7 Å². The van der Waals surface area contributed by atoms with Crippen molar-refractivity contribution in [3.8, 4) is 11.5 Å². The fourth-order valence-corrected chi connectivity index (χ4v) is 6.09. The van der Waals surface area contributed by atoms with Gasteiger partial charge in [0.05, 0.1) is 29.5 Å². The van der Waals surface area contributed by atoms with E-state index in [0.717, 1.165) is 5.56 Å². The first-order valence-corrected chi connectivity index (χ1v) is 15.0. The Bertz CT molecular complexity index is 1950. The molecular weight excluding hydrogens is 602 g/mol. The third-order valence-corrected chi connectivity index (χ3v) is 8.22. The van der Waals surface area contributed by atoms with Gasteiger partial charge in [-0.25, -0.2) is 9.79 Å². The minimum atomic E-state index is -0.808. The van der Waals surface area contributed by atoms with E-state index < -0.39 is 12.0 Å². The summed E-state index contributed by atoms with van der Waals surface area (Å²) in [6, 6.07) is 18.9. The number of hydrogen-bond acceptors (Lipinski definition) is 8. The number of nitrogens with one attached hydrogen (secondary N) is 1. The van der Waals surface area contributed by atoms with Gasteiger partial charge >= 0.3 is 5.97 Å². The van der Waals surface area contributed by atoms with Gasteiger partial charge in [-0.3, -0.25) is 14.2 Å². The van der Waals surface area contributed by atoms with Crippen LogP contribution in [0, 0.1) is 6.92 Å². The highest BCUT2D eigenvalue weighted by atomic mass is 35.5. The van der Waals surface area contributed by atoms with E-state index in [1.54, 1.807) is 62.4 Å². The number of methoxy groups -OCH3 is 1. The molecule has 1 aliphatic heterocycles. The molecule has 0 fully saturated rings. The van der Waals surface area contributed by atoms with E-state index in [4.69, 9.17) is 25.8 Å². The standard InChI is InChI=1S/C33H30ClN3O6S/c1-5-42-32(40)29-20(3)35-33-37(30(29)23-8-6-7-9-24(23)34)31(39)27(44-33)17-21-12-15-25(26(16-21)41-4)43-18-28(38)36-22-13-10-19(2)11-14-22/h6-17,30H,5,18H2,1-4H3,(H,36,38)/b27-17-/t30-/m1/s1. The second-order valence-corrected chi connectivity index (χ2v) is 11.4. The van der Waals surface area contributed by atoms with Gasteiger partial charge in [0.15, 0.2) is 22.9 Å². The third kappa shape index (κ3) is 6.46. The molecule has 1 N–H and O–H groups in total. The molecule has 5 rings (SSSR count). The Morgan fingerprint density at radius 2 is 1.82 bits per heavy atom. The van der Waals surface area contributed by atoms with E-state index in [1.165, 1.54) is 23.0 Å². The molecule has 0 bridgehead atoms. The molecule has 1 atom stereocenters. The van der Waals surface area contributed by atoms with E-state index in [-0.39, 0.29) is 30.3 Å². The van der Waals surface area contributed by atoms with E-state index in [0.29, 0.717) is 48.4 Å². The van der Waals surface area contributed by atoms with Crippen molar-refractivity contribution in [2.24, 2.45) is 4.99 Å². The molecule has 1 amide bonds. The van der Waals surface area contributed by atoms with Gasteiger partial charge < -0.3 is 19.5 Å². The number of nitrogens with zero attached hydrogens (tertiary/aromatic N) is 2. The highest BCUT2D eigenvalue weighted by Crippen LogP contribution is 2.34. The average Bonchev–Trinajstić information content (AvgIpc) is 3.31. The van der Waals surface area contributed by atoms with Crippen LogP contribution >= 0.6 is 22.9 Å². The number of hydrogen-bond donors (Lipinski definition) is 1. The summed E-state index contributed by atoms with van der Waals surface area (Å²) < 4.78 is 18.5. The highest BCUT2D eigenvalue weighted by Gasteiger charge is 2.34. The van der Waals surface area contributed by atoms with Gasteiger partial charge in [-0.2, -0.15) is 0 Å². The number of rotatable bonds is 9. The molecule has 9 nitrogen and oxygen atoms in total. The van der Waals surface area contributed by atoms with E-state index in [2.05, 4.69) is 10.3 Å². The van der Waals surface area contributed by atoms with Crippen LogP contribution in [0.2, 0.25) is 5.02 Å². The lowest BCUT2D eigenvalue weighted by atomic mass is 9.96. The van der Waals surface area contributed by atoms with E-state index >= 15 is 0 Å². The van der Waals surface area contributed by atoms with Gasteiger partial charge in [0.2, 0.25) is 0 Å². The molecule has 0 saturated heterocycles. The predicted octanol–water partition coefficient (Wildman–Crippen LogP) is 4.79. The number of thiazole rings is 1. The maximum absolute atomic E-state index is 13.9. The summed E-state index contributed by atoms with van der Waals surface area (Å²) in [4.78, 5) is 44.4. The van der Waals surface area contributed by atoms with Crippen molar-refractivity contribution < 1.29 is 23.8 Å². The molecule has 1 aliphatic rings. The molecule has 3 aromatic carbocycles. The predicted molar refractivity (Wildman–Crippen MR) is 170 cm³/mol. The van der Waals surface area contributed by atoms with Crippen LogP contribution in [-0.2, 0) is 14.3 Å². The molecule has 0 unspecified atom stereocenters. The van der Waals surface area contributed by atoms with Crippen molar-refractivity contribution in [2.75, 3.05) is 25.6 Å². The number of aryl methyl sites for hydroxylation is 1. The zero-order valence-corrected chi connectivity index (χ0v) is 26.1. The smallest absolute Gasteiger partial charge is 0.338 e. The van der Waals surface area contributed by atoms with Gasteiger partial charge in [-0.05, 0) is 68.3 Å². The van der Waals surface area contributed by atoms with Crippen LogP contribution in [0.5, 0.6) is 11.5 Å². The van der Waals surface area contributed by atoms with Crippen LogP contribution in [0.4, 0.5) is 5.69 Å². The Balaban J connectivity index is 1.46. The molecule has 11 heteroatoms. The number of carbonyl (C=O) groups is 2. The Morgan fingerprint density at radius 1 is 1.07 bits per heavy atom. The number of aromatic nitrogens is 1. The lowest BCUT2D eigenvalue weighted by Gasteiger charge is -2.25. The zero-order chi connectivity index (χ0) is 31.4. The monoisotopic (exact) mass is 631 g/mol. The van der Waals surface area contributed by atoms with Crippen molar-refractivity contribution in [1.82, 2.24) is 4.57 Å². The molecule has 44 heavy (non-hydrogen) atoms. The molecule has 2 heterocycles. The number of allylic oxidation sites excluding steroid dienone is 1. The van der Waals surface area contributed by atoms with Crippen LogP contribution in [0.1, 0.15) is 36.6 Å². The van der Waals surface area contributed by atoms with Gasteiger partial charge in [0, 0.05) is 10.7 Å². The summed E-state index contributed by atoms with van der Waals surface area (Å²) in [7, 11) is 1.50. The summed E-state index contributed by atoms with van der Waals surface area (Å²) >= 11 is 7.77. The Hall–Kier alpha value is -4.67. The summed E-state index contributed by atoms with van der Waals surface area (Å²) in [6.07, 6.45) is 1.72. The third-order valence-electron chi connectivity index (χ3n) is 6.90. The Kier molecular flexibility index (Phi) is 9.32. The molecule has 0 saturated carbocycles. The summed E-state index contributed by atoms with van der Waals surface area (Å²) in [5, 5.41) is 3.21. The summed E-state index contributed by atoms with van der Waals surface area (Å²) in [5.41, 5.74) is 3.40. The number of carbonyl (C=O) groups excluding carboxylic acids is 2. The molecular formula is C33H30ClN3O6S. The maximum atomic E-state index is 13.9. The van der Waals surface area contributed by atoms with Crippen LogP contribution in [0.25, 0.3) is 6.08 Å². The van der Waals surface area contributed by atoms with Gasteiger partial charge in [-0.15, -0.1) is 0 Å². The number of fused-ring (bicyclic) bond motifs is 1. The second kappa shape index (κ2) is 13.3. The fraction of sp³-hybridized carbons (Fsp3) is 0.212. The minimum Gasteiger partial charge on any atom is -0.493 e. The first-order chi connectivity index (χ1) is 21.2. The van der Waals surface area contributed by atoms with E-state index in [1.807, 2.05) is 31.2 Å². The average molecular weight is 632 g/mol. The number of halogens is 1. The lowest BCUT2D eigenvalue weighted by molar-refractivity contribution is -0.139. The number of benzene rings is 3. The van der Waals surface area contributed by atoms with Gasteiger partial charge in [-0.1, -0.05) is 64.9 Å². The van der Waals surface area contributed by atoms with Crippen LogP contribution in [-0.4, -0.2) is 36.8 Å².